The molecule has 226 valence electrons. The average molecular weight is 604 g/mol. The van der Waals surface area contributed by atoms with Gasteiger partial charge in [0.25, 0.3) is 5.92 Å². The molecule has 2 fully saturated rings. The SMILES string of the molecule is CC1(C(=O)N2CCC(F)(F)C2)CCC(Oc2ccc(-c3cc(F)c(-c4nc5ccc(C(F)(F)F)cc5[nH]4)cn3)cn2)CC1. The molecule has 0 unspecified atom stereocenters. The molecule has 4 aromatic rings. The van der Waals surface area contributed by atoms with Gasteiger partial charge in [0.05, 0.1) is 34.4 Å². The maximum absolute atomic E-state index is 15.1. The largest absolute Gasteiger partial charge is 0.474 e. The van der Waals surface area contributed by atoms with Crippen molar-refractivity contribution in [2.75, 3.05) is 13.1 Å². The van der Waals surface area contributed by atoms with E-state index in [1.165, 1.54) is 29.4 Å². The number of aromatic nitrogens is 4. The molecule has 0 atom stereocenters. The van der Waals surface area contributed by atoms with Crippen LogP contribution in [-0.4, -0.2) is 55.9 Å². The second-order valence-corrected chi connectivity index (χ2v) is 11.5. The summed E-state index contributed by atoms with van der Waals surface area (Å²) in [5.74, 6) is -3.32. The Bertz CT molecular complexity index is 1660. The number of hydrogen-bond donors (Lipinski definition) is 1. The second-order valence-electron chi connectivity index (χ2n) is 11.5. The van der Waals surface area contributed by atoms with Gasteiger partial charge in [-0.05, 0) is 49.9 Å². The number of fused-ring (bicyclic) bond motifs is 1. The highest BCUT2D eigenvalue weighted by molar-refractivity contribution is 5.83. The van der Waals surface area contributed by atoms with Crippen LogP contribution in [0.25, 0.3) is 33.7 Å². The fraction of sp³-hybridized carbons (Fsp3) is 0.400. The predicted octanol–water partition coefficient (Wildman–Crippen LogP) is 7.04. The molecule has 43 heavy (non-hydrogen) atoms. The third-order valence-corrected chi connectivity index (χ3v) is 8.25. The van der Waals surface area contributed by atoms with Gasteiger partial charge in [-0.15, -0.1) is 0 Å². The maximum atomic E-state index is 15.1. The van der Waals surface area contributed by atoms with E-state index in [1.807, 2.05) is 6.92 Å². The fourth-order valence-corrected chi connectivity index (χ4v) is 5.70. The number of pyridine rings is 2. The molecule has 4 heterocycles. The Labute approximate surface area is 242 Å². The highest BCUT2D eigenvalue weighted by Crippen LogP contribution is 2.41. The van der Waals surface area contributed by atoms with Crippen molar-refractivity contribution in [2.45, 2.75) is 57.2 Å². The lowest BCUT2D eigenvalue weighted by atomic mass is 9.73. The number of imidazole rings is 1. The van der Waals surface area contributed by atoms with Gasteiger partial charge >= 0.3 is 6.18 Å². The summed E-state index contributed by atoms with van der Waals surface area (Å²) in [6, 6.07) is 7.55. The van der Waals surface area contributed by atoms with Crippen LogP contribution in [0.1, 0.15) is 44.6 Å². The Morgan fingerprint density at radius 1 is 1.05 bits per heavy atom. The lowest BCUT2D eigenvalue weighted by Gasteiger charge is -2.38. The molecule has 1 aliphatic heterocycles. The molecule has 13 heteroatoms. The van der Waals surface area contributed by atoms with Crippen LogP contribution in [0.3, 0.4) is 0 Å². The van der Waals surface area contributed by atoms with Crippen molar-refractivity contribution in [3.8, 4) is 28.5 Å². The molecular formula is C30H27F6N5O2. The number of ether oxygens (including phenoxy) is 1. The number of carbonyl (C=O) groups excluding carboxylic acids is 1. The number of rotatable bonds is 5. The molecule has 0 spiro atoms. The highest BCUT2D eigenvalue weighted by atomic mass is 19.4. The number of likely N-dealkylation sites (tertiary alicyclic amines) is 1. The van der Waals surface area contributed by atoms with Gasteiger partial charge in [0.15, 0.2) is 0 Å². The number of nitrogens with one attached hydrogen (secondary N) is 1. The monoisotopic (exact) mass is 603 g/mol. The zero-order valence-electron chi connectivity index (χ0n) is 23.0. The molecule has 1 aliphatic carbocycles. The topological polar surface area (TPSA) is 84.0 Å². The van der Waals surface area contributed by atoms with E-state index >= 15 is 4.39 Å². The Balaban J connectivity index is 1.09. The maximum Gasteiger partial charge on any atom is 0.416 e. The van der Waals surface area contributed by atoms with E-state index < -0.39 is 35.4 Å². The minimum Gasteiger partial charge on any atom is -0.474 e. The number of carbonyl (C=O) groups is 1. The quantitative estimate of drug-likeness (QED) is 0.248. The normalized spacial score (nSPS) is 22.2. The van der Waals surface area contributed by atoms with Gasteiger partial charge < -0.3 is 14.6 Å². The lowest BCUT2D eigenvalue weighted by Crippen LogP contribution is -2.45. The van der Waals surface area contributed by atoms with Crippen LogP contribution in [0, 0.1) is 11.2 Å². The first-order valence-electron chi connectivity index (χ1n) is 13.8. The van der Waals surface area contributed by atoms with Crippen molar-refractivity contribution in [3.05, 3.63) is 60.2 Å². The molecule has 1 amide bonds. The molecule has 3 aromatic heterocycles. The van der Waals surface area contributed by atoms with Crippen LogP contribution in [0.15, 0.2) is 48.8 Å². The summed E-state index contributed by atoms with van der Waals surface area (Å²) in [4.78, 5) is 29.7. The Hall–Kier alpha value is -4.16. The van der Waals surface area contributed by atoms with Crippen molar-refractivity contribution in [2.24, 2.45) is 5.41 Å². The molecule has 1 saturated carbocycles. The van der Waals surface area contributed by atoms with Crippen molar-refractivity contribution >= 4 is 16.9 Å². The summed E-state index contributed by atoms with van der Waals surface area (Å²) >= 11 is 0. The second kappa shape index (κ2) is 10.5. The Morgan fingerprint density at radius 2 is 1.81 bits per heavy atom. The van der Waals surface area contributed by atoms with E-state index in [-0.39, 0.29) is 53.1 Å². The summed E-state index contributed by atoms with van der Waals surface area (Å²) in [6.45, 7) is 1.38. The van der Waals surface area contributed by atoms with Gasteiger partial charge in [0.2, 0.25) is 11.8 Å². The Morgan fingerprint density at radius 3 is 2.44 bits per heavy atom. The van der Waals surface area contributed by atoms with Crippen LogP contribution in [0.4, 0.5) is 26.3 Å². The van der Waals surface area contributed by atoms with Gasteiger partial charge in [-0.2, -0.15) is 13.2 Å². The number of nitrogens with zero attached hydrogens (tertiary/aromatic N) is 4. The van der Waals surface area contributed by atoms with E-state index in [2.05, 4.69) is 19.9 Å². The number of hydrogen-bond acceptors (Lipinski definition) is 5. The van der Waals surface area contributed by atoms with Gasteiger partial charge in [-0.3, -0.25) is 9.78 Å². The molecule has 7 nitrogen and oxygen atoms in total. The number of halogens is 6. The predicted molar refractivity (Wildman–Crippen MR) is 145 cm³/mol. The van der Waals surface area contributed by atoms with E-state index in [4.69, 9.17) is 4.74 Å². The molecule has 2 aliphatic rings. The molecular weight excluding hydrogens is 576 g/mol. The first kappa shape index (κ1) is 28.9. The van der Waals surface area contributed by atoms with Crippen molar-refractivity contribution in [3.63, 3.8) is 0 Å². The van der Waals surface area contributed by atoms with E-state index in [9.17, 15) is 26.7 Å². The van der Waals surface area contributed by atoms with E-state index in [0.29, 0.717) is 37.1 Å². The van der Waals surface area contributed by atoms with Gasteiger partial charge in [-0.25, -0.2) is 23.1 Å². The molecule has 1 aromatic carbocycles. The zero-order valence-corrected chi connectivity index (χ0v) is 23.0. The van der Waals surface area contributed by atoms with E-state index in [0.717, 1.165) is 12.1 Å². The van der Waals surface area contributed by atoms with Crippen LogP contribution in [-0.2, 0) is 11.0 Å². The summed E-state index contributed by atoms with van der Waals surface area (Å²) in [5, 5.41) is 0. The van der Waals surface area contributed by atoms with Gasteiger partial charge in [0, 0.05) is 48.5 Å². The summed E-state index contributed by atoms with van der Waals surface area (Å²) in [7, 11) is 0. The highest BCUT2D eigenvalue weighted by Gasteiger charge is 2.46. The van der Waals surface area contributed by atoms with Crippen molar-refractivity contribution < 1.29 is 35.9 Å². The van der Waals surface area contributed by atoms with Crippen LogP contribution in [0.2, 0.25) is 0 Å². The molecule has 0 radical (unpaired) electrons. The summed E-state index contributed by atoms with van der Waals surface area (Å²) in [5.41, 5.74) is -0.351. The minimum absolute atomic E-state index is 0.00245. The zero-order chi connectivity index (χ0) is 30.6. The molecule has 1 N–H and O–H groups in total. The minimum atomic E-state index is -4.52. The fourth-order valence-electron chi connectivity index (χ4n) is 5.70. The van der Waals surface area contributed by atoms with Crippen LogP contribution < -0.4 is 4.74 Å². The van der Waals surface area contributed by atoms with Crippen molar-refractivity contribution in [1.82, 2.24) is 24.8 Å². The number of H-pyrrole nitrogens is 1. The average Bonchev–Trinajstić information content (AvgIpc) is 3.56. The molecule has 1 saturated heterocycles. The number of aromatic amines is 1. The van der Waals surface area contributed by atoms with Crippen molar-refractivity contribution in [1.29, 1.82) is 0 Å². The first-order chi connectivity index (χ1) is 20.3. The standard InChI is InChI=1S/C30H27F6N5O2/c1-28(27(42)41-11-10-29(32,33)16-41)8-6-19(7-9-28)43-25-5-2-17(14-38-25)23-13-21(31)20(15-37-23)26-39-22-4-3-18(30(34,35)36)12-24(22)40-26/h2-5,12-15,19H,6-11,16H2,1H3,(H,39,40). The number of alkyl halides is 5. The Kier molecular flexibility index (Phi) is 7.09. The third-order valence-electron chi connectivity index (χ3n) is 8.25. The smallest absolute Gasteiger partial charge is 0.416 e. The third kappa shape index (κ3) is 5.89. The van der Waals surface area contributed by atoms with Crippen LogP contribution in [0.5, 0.6) is 5.88 Å². The molecule has 0 bridgehead atoms. The van der Waals surface area contributed by atoms with Crippen LogP contribution >= 0.6 is 0 Å². The van der Waals surface area contributed by atoms with E-state index in [1.54, 1.807) is 12.1 Å². The van der Waals surface area contributed by atoms with Gasteiger partial charge in [0.1, 0.15) is 17.7 Å². The number of amides is 1. The van der Waals surface area contributed by atoms with Gasteiger partial charge in [-0.1, -0.05) is 6.92 Å². The summed E-state index contributed by atoms with van der Waals surface area (Å²) < 4.78 is 87.4. The first-order valence-corrected chi connectivity index (χ1v) is 13.8. The molecule has 6 rings (SSSR count). The summed E-state index contributed by atoms with van der Waals surface area (Å²) in [6.07, 6.45) is -0.0925. The number of benzene rings is 1. The lowest BCUT2D eigenvalue weighted by molar-refractivity contribution is -0.144.